The molecule has 0 aromatic rings. The molecule has 1 aliphatic heterocycles. The number of hydrogen-bond acceptors (Lipinski definition) is 2. The van der Waals surface area contributed by atoms with Gasteiger partial charge in [0.1, 0.15) is 0 Å². The van der Waals surface area contributed by atoms with Crippen molar-refractivity contribution in [2.75, 3.05) is 32.9 Å². The predicted molar refractivity (Wildman–Crippen MR) is 70.0 cm³/mol. The van der Waals surface area contributed by atoms with Crippen molar-refractivity contribution in [3.8, 4) is 0 Å². The van der Waals surface area contributed by atoms with Crippen molar-refractivity contribution >= 4 is 0 Å². The minimum absolute atomic E-state index is 0.147. The molecule has 0 N–H and O–H groups in total. The van der Waals surface area contributed by atoms with Crippen molar-refractivity contribution in [1.29, 1.82) is 0 Å². The van der Waals surface area contributed by atoms with E-state index in [1.807, 2.05) is 13.8 Å². The largest absolute Gasteiger partial charge is 0.378 e. The summed E-state index contributed by atoms with van der Waals surface area (Å²) in [5.41, 5.74) is 0.422. The van der Waals surface area contributed by atoms with Crippen LogP contribution in [0.1, 0.15) is 40.5 Å². The van der Waals surface area contributed by atoms with E-state index in [0.29, 0.717) is 17.4 Å². The zero-order valence-electron chi connectivity index (χ0n) is 11.8. The number of likely N-dealkylation sites (tertiary alicyclic amines) is 1. The topological polar surface area (TPSA) is 12.5 Å². The highest BCUT2D eigenvalue weighted by atomic mass is 19.1. The summed E-state index contributed by atoms with van der Waals surface area (Å²) in [6.45, 7) is 11.9. The summed E-state index contributed by atoms with van der Waals surface area (Å²) in [5, 5.41) is 0. The first-order valence-corrected chi connectivity index (χ1v) is 7.03. The molecule has 17 heavy (non-hydrogen) atoms. The van der Waals surface area contributed by atoms with Gasteiger partial charge in [-0.3, -0.25) is 4.39 Å². The van der Waals surface area contributed by atoms with E-state index in [4.69, 9.17) is 4.74 Å². The average Bonchev–Trinajstić information content (AvgIpc) is 3.04. The van der Waals surface area contributed by atoms with Crippen LogP contribution in [0.3, 0.4) is 0 Å². The molecule has 1 heterocycles. The number of alkyl halides is 1. The van der Waals surface area contributed by atoms with Gasteiger partial charge in [0.25, 0.3) is 0 Å². The van der Waals surface area contributed by atoms with Gasteiger partial charge < -0.3 is 9.64 Å². The number of halogens is 1. The molecule has 102 valence electrons. The molecule has 0 radical (unpaired) electrons. The van der Waals surface area contributed by atoms with Crippen molar-refractivity contribution in [3.05, 3.63) is 0 Å². The maximum absolute atomic E-state index is 12.3. The van der Waals surface area contributed by atoms with E-state index >= 15 is 0 Å². The molecule has 0 bridgehead atoms. The van der Waals surface area contributed by atoms with Crippen molar-refractivity contribution < 1.29 is 9.13 Å². The van der Waals surface area contributed by atoms with Crippen LogP contribution >= 0.6 is 0 Å². The van der Waals surface area contributed by atoms with Crippen molar-refractivity contribution in [2.45, 2.75) is 46.6 Å². The molecule has 2 rings (SSSR count). The van der Waals surface area contributed by atoms with Gasteiger partial charge in [0, 0.05) is 31.0 Å². The summed E-state index contributed by atoms with van der Waals surface area (Å²) in [6, 6.07) is 0. The lowest BCUT2D eigenvalue weighted by atomic mass is 9.98. The lowest BCUT2D eigenvalue weighted by Gasteiger charge is -2.40. The molecule has 1 saturated carbocycles. The zero-order valence-corrected chi connectivity index (χ0v) is 11.8. The normalized spacial score (nSPS) is 22.9. The molecule has 0 unspecified atom stereocenters. The number of rotatable bonds is 6. The fourth-order valence-electron chi connectivity index (χ4n) is 2.25. The second-order valence-electron chi connectivity index (χ2n) is 5.57. The highest BCUT2D eigenvalue weighted by Gasteiger charge is 2.46. The standard InChI is InChI=1S/C12H22FNO.C2H6/c1-10(2)15-9-12(3-4-12)8-14-6-11(5-13)7-14;1-2/h10-11H,3-9H2,1-2H3;1-2H3. The highest BCUT2D eigenvalue weighted by molar-refractivity contribution is 4.98. The summed E-state index contributed by atoms with van der Waals surface area (Å²) in [4.78, 5) is 2.38. The molecule has 1 aliphatic carbocycles. The molecule has 0 spiro atoms. The minimum Gasteiger partial charge on any atom is -0.378 e. The van der Waals surface area contributed by atoms with Crippen LogP contribution in [-0.4, -0.2) is 43.9 Å². The molecule has 0 aromatic heterocycles. The van der Waals surface area contributed by atoms with Crippen molar-refractivity contribution in [3.63, 3.8) is 0 Å². The van der Waals surface area contributed by atoms with E-state index < -0.39 is 0 Å². The molecule has 2 fully saturated rings. The van der Waals surface area contributed by atoms with Gasteiger partial charge in [0.2, 0.25) is 0 Å². The fourth-order valence-corrected chi connectivity index (χ4v) is 2.25. The van der Waals surface area contributed by atoms with E-state index in [9.17, 15) is 4.39 Å². The van der Waals surface area contributed by atoms with Crippen LogP contribution in [0.5, 0.6) is 0 Å². The van der Waals surface area contributed by atoms with Crippen LogP contribution in [-0.2, 0) is 4.74 Å². The van der Waals surface area contributed by atoms with Gasteiger partial charge in [-0.05, 0) is 26.7 Å². The Morgan fingerprint density at radius 3 is 2.29 bits per heavy atom. The summed E-state index contributed by atoms with van der Waals surface area (Å²) in [5.74, 6) is 0.312. The van der Waals surface area contributed by atoms with E-state index in [1.54, 1.807) is 0 Å². The summed E-state index contributed by atoms with van der Waals surface area (Å²) >= 11 is 0. The van der Waals surface area contributed by atoms with Crippen molar-refractivity contribution in [1.82, 2.24) is 4.90 Å². The molecule has 0 atom stereocenters. The number of ether oxygens (including phenoxy) is 1. The first kappa shape index (κ1) is 14.9. The van der Waals surface area contributed by atoms with Gasteiger partial charge in [0.05, 0.1) is 19.4 Å². The number of nitrogens with zero attached hydrogens (tertiary/aromatic N) is 1. The van der Waals surface area contributed by atoms with Crippen LogP contribution in [0.4, 0.5) is 4.39 Å². The Bertz CT molecular complexity index is 210. The van der Waals surface area contributed by atoms with Crippen LogP contribution in [0.15, 0.2) is 0 Å². The third-order valence-corrected chi connectivity index (χ3v) is 3.49. The predicted octanol–water partition coefficient (Wildman–Crippen LogP) is 3.12. The Hall–Kier alpha value is -0.150. The van der Waals surface area contributed by atoms with Crippen LogP contribution in [0, 0.1) is 11.3 Å². The molecule has 3 heteroatoms. The Morgan fingerprint density at radius 1 is 1.29 bits per heavy atom. The number of hydrogen-bond donors (Lipinski definition) is 0. The van der Waals surface area contributed by atoms with Crippen LogP contribution in [0.2, 0.25) is 0 Å². The van der Waals surface area contributed by atoms with Gasteiger partial charge in [-0.25, -0.2) is 0 Å². The first-order chi connectivity index (χ1) is 8.13. The Kier molecular flexibility index (Phi) is 5.87. The van der Waals surface area contributed by atoms with Gasteiger partial charge in [-0.15, -0.1) is 0 Å². The van der Waals surface area contributed by atoms with Gasteiger partial charge in [0.15, 0.2) is 0 Å². The second-order valence-corrected chi connectivity index (χ2v) is 5.57. The van der Waals surface area contributed by atoms with Gasteiger partial charge >= 0.3 is 0 Å². The van der Waals surface area contributed by atoms with Crippen molar-refractivity contribution in [2.24, 2.45) is 11.3 Å². The monoisotopic (exact) mass is 245 g/mol. The molecule has 2 nitrogen and oxygen atoms in total. The Morgan fingerprint density at radius 2 is 1.88 bits per heavy atom. The summed E-state index contributed by atoms with van der Waals surface area (Å²) in [7, 11) is 0. The third kappa shape index (κ3) is 4.55. The smallest absolute Gasteiger partial charge is 0.0947 e. The minimum atomic E-state index is -0.147. The Balaban J connectivity index is 0.000000686. The van der Waals surface area contributed by atoms with Gasteiger partial charge in [-0.1, -0.05) is 13.8 Å². The highest BCUT2D eigenvalue weighted by Crippen LogP contribution is 2.47. The first-order valence-electron chi connectivity index (χ1n) is 7.03. The maximum atomic E-state index is 12.3. The van der Waals surface area contributed by atoms with E-state index in [0.717, 1.165) is 26.2 Å². The second kappa shape index (κ2) is 6.69. The SMILES string of the molecule is CC.CC(C)OCC1(CN2CC(CF)C2)CC1. The summed E-state index contributed by atoms with van der Waals surface area (Å²) < 4.78 is 18.0. The lowest BCUT2D eigenvalue weighted by Crippen LogP contribution is -2.50. The van der Waals surface area contributed by atoms with E-state index in [1.165, 1.54) is 12.8 Å². The van der Waals surface area contributed by atoms with Gasteiger partial charge in [-0.2, -0.15) is 0 Å². The lowest BCUT2D eigenvalue weighted by molar-refractivity contribution is 0.00518. The van der Waals surface area contributed by atoms with E-state index in [-0.39, 0.29) is 6.67 Å². The van der Waals surface area contributed by atoms with Crippen LogP contribution in [0.25, 0.3) is 0 Å². The van der Waals surface area contributed by atoms with Crippen LogP contribution < -0.4 is 0 Å². The zero-order chi connectivity index (χ0) is 12.9. The fraction of sp³-hybridized carbons (Fsp3) is 1.00. The molecule has 0 amide bonds. The van der Waals surface area contributed by atoms with E-state index in [2.05, 4.69) is 18.7 Å². The molecule has 1 saturated heterocycles. The molecular weight excluding hydrogens is 217 g/mol. The third-order valence-electron chi connectivity index (χ3n) is 3.49. The molecule has 2 aliphatic rings. The molecular formula is C14H28FNO. The quantitative estimate of drug-likeness (QED) is 0.713. The Labute approximate surface area is 106 Å². The summed E-state index contributed by atoms with van der Waals surface area (Å²) in [6.07, 6.45) is 2.91. The average molecular weight is 245 g/mol. The molecule has 0 aromatic carbocycles. The maximum Gasteiger partial charge on any atom is 0.0947 e.